The Bertz CT molecular complexity index is 204. The molecule has 4 nitrogen and oxygen atoms in total. The Morgan fingerprint density at radius 2 is 2.00 bits per heavy atom. The highest BCUT2D eigenvalue weighted by molar-refractivity contribution is 5.76. The Labute approximate surface area is 98.1 Å². The largest absolute Gasteiger partial charge is 0.479 e. The zero-order chi connectivity index (χ0) is 12.6. The maximum absolute atomic E-state index is 10.6. The van der Waals surface area contributed by atoms with E-state index in [1.54, 1.807) is 0 Å². The van der Waals surface area contributed by atoms with Crippen molar-refractivity contribution in [2.24, 2.45) is 0 Å². The lowest BCUT2D eigenvalue weighted by molar-refractivity contribution is -0.156. The maximum atomic E-state index is 10.6. The summed E-state index contributed by atoms with van der Waals surface area (Å²) in [4.78, 5) is 10.6. The second-order valence-electron chi connectivity index (χ2n) is 4.71. The van der Waals surface area contributed by atoms with Gasteiger partial charge in [0.2, 0.25) is 0 Å². The van der Waals surface area contributed by atoms with Gasteiger partial charge in [-0.1, -0.05) is 32.6 Å². The molecule has 0 heterocycles. The van der Waals surface area contributed by atoms with Crippen LogP contribution >= 0.6 is 0 Å². The van der Waals surface area contributed by atoms with Gasteiger partial charge in [-0.05, 0) is 20.3 Å². The van der Waals surface area contributed by atoms with Crippen LogP contribution in [0.25, 0.3) is 0 Å². The summed E-state index contributed by atoms with van der Waals surface area (Å²) < 4.78 is 0. The van der Waals surface area contributed by atoms with Crippen molar-refractivity contribution < 1.29 is 15.0 Å². The zero-order valence-electron chi connectivity index (χ0n) is 10.6. The smallest absolute Gasteiger partial charge is 0.336 e. The number of aliphatic hydroxyl groups is 1. The molecule has 0 fully saturated rings. The fourth-order valence-electron chi connectivity index (χ4n) is 1.43. The Morgan fingerprint density at radius 1 is 1.38 bits per heavy atom. The van der Waals surface area contributed by atoms with Gasteiger partial charge in [-0.2, -0.15) is 0 Å². The summed E-state index contributed by atoms with van der Waals surface area (Å²) in [5.74, 6) is -1.18. The van der Waals surface area contributed by atoms with E-state index in [9.17, 15) is 9.90 Å². The lowest BCUT2D eigenvalue weighted by Crippen LogP contribution is -2.47. The van der Waals surface area contributed by atoms with Gasteiger partial charge in [-0.15, -0.1) is 0 Å². The molecule has 0 rings (SSSR count). The third-order valence-corrected chi connectivity index (χ3v) is 2.75. The molecule has 3 N–H and O–H groups in total. The average Bonchev–Trinajstić information content (AvgIpc) is 2.21. The Morgan fingerprint density at radius 3 is 2.50 bits per heavy atom. The van der Waals surface area contributed by atoms with Crippen LogP contribution in [-0.2, 0) is 4.79 Å². The Balaban J connectivity index is 3.64. The number of rotatable bonds is 9. The van der Waals surface area contributed by atoms with Crippen LogP contribution < -0.4 is 5.32 Å². The van der Waals surface area contributed by atoms with Gasteiger partial charge in [-0.3, -0.25) is 0 Å². The molecular weight excluding hydrogens is 206 g/mol. The Kier molecular flexibility index (Phi) is 7.34. The second kappa shape index (κ2) is 7.63. The average molecular weight is 231 g/mol. The molecule has 2 atom stereocenters. The van der Waals surface area contributed by atoms with Crippen molar-refractivity contribution in [3.05, 3.63) is 0 Å². The monoisotopic (exact) mass is 231 g/mol. The van der Waals surface area contributed by atoms with Crippen LogP contribution in [-0.4, -0.2) is 34.4 Å². The molecule has 0 saturated heterocycles. The van der Waals surface area contributed by atoms with E-state index in [1.807, 2.05) is 6.92 Å². The fraction of sp³-hybridized carbons (Fsp3) is 0.917. The molecule has 0 aliphatic carbocycles. The molecule has 0 aliphatic rings. The highest BCUT2D eigenvalue weighted by atomic mass is 16.4. The van der Waals surface area contributed by atoms with Crippen molar-refractivity contribution in [2.75, 3.05) is 6.54 Å². The zero-order valence-corrected chi connectivity index (χ0v) is 10.6. The fourth-order valence-corrected chi connectivity index (χ4v) is 1.43. The number of carbonyl (C=O) groups is 1. The van der Waals surface area contributed by atoms with Gasteiger partial charge in [0.25, 0.3) is 0 Å². The SMILES string of the molecule is CCCCCCC(C)NCC(C)(O)C(=O)O. The van der Waals surface area contributed by atoms with Crippen LogP contribution in [0.15, 0.2) is 0 Å². The maximum Gasteiger partial charge on any atom is 0.336 e. The van der Waals surface area contributed by atoms with Crippen molar-refractivity contribution in [1.82, 2.24) is 5.32 Å². The van der Waals surface area contributed by atoms with E-state index >= 15 is 0 Å². The molecule has 96 valence electrons. The van der Waals surface area contributed by atoms with Crippen LogP contribution in [0.5, 0.6) is 0 Å². The second-order valence-corrected chi connectivity index (χ2v) is 4.71. The third kappa shape index (κ3) is 6.80. The van der Waals surface area contributed by atoms with Gasteiger partial charge in [0.15, 0.2) is 5.60 Å². The first-order valence-corrected chi connectivity index (χ1v) is 6.09. The van der Waals surface area contributed by atoms with E-state index in [4.69, 9.17) is 5.11 Å². The van der Waals surface area contributed by atoms with Gasteiger partial charge in [0, 0.05) is 12.6 Å². The van der Waals surface area contributed by atoms with Crippen LogP contribution in [0.4, 0.5) is 0 Å². The first-order chi connectivity index (χ1) is 7.40. The predicted octanol–water partition coefficient (Wildman–Crippen LogP) is 1.77. The molecular formula is C12H25NO3. The summed E-state index contributed by atoms with van der Waals surface area (Å²) in [6.07, 6.45) is 5.86. The van der Waals surface area contributed by atoms with Crippen LogP contribution in [0.3, 0.4) is 0 Å². The normalized spacial score (nSPS) is 16.8. The number of carboxylic acid groups (broad SMARTS) is 1. The molecule has 0 bridgehead atoms. The van der Waals surface area contributed by atoms with Gasteiger partial charge in [0.05, 0.1) is 0 Å². The number of aliphatic carboxylic acids is 1. The van der Waals surface area contributed by atoms with E-state index in [1.165, 1.54) is 26.2 Å². The number of hydrogen-bond donors (Lipinski definition) is 3. The number of nitrogens with one attached hydrogen (secondary N) is 1. The minimum atomic E-state index is -1.67. The Hall–Kier alpha value is -0.610. The molecule has 0 aliphatic heterocycles. The summed E-state index contributed by atoms with van der Waals surface area (Å²) in [5.41, 5.74) is -1.67. The minimum Gasteiger partial charge on any atom is -0.479 e. The lowest BCUT2D eigenvalue weighted by Gasteiger charge is -2.21. The van der Waals surface area contributed by atoms with E-state index in [0.29, 0.717) is 0 Å². The molecule has 2 unspecified atom stereocenters. The summed E-state index contributed by atoms with van der Waals surface area (Å²) in [6, 6.07) is 0.252. The quantitative estimate of drug-likeness (QED) is 0.529. The highest BCUT2D eigenvalue weighted by Gasteiger charge is 2.29. The first kappa shape index (κ1) is 15.4. The molecule has 0 spiro atoms. The molecule has 0 amide bonds. The van der Waals surface area contributed by atoms with E-state index in [-0.39, 0.29) is 12.6 Å². The summed E-state index contributed by atoms with van der Waals surface area (Å²) in [6.45, 7) is 5.60. The van der Waals surface area contributed by atoms with Gasteiger partial charge >= 0.3 is 5.97 Å². The first-order valence-electron chi connectivity index (χ1n) is 6.09. The lowest BCUT2D eigenvalue weighted by atomic mass is 10.1. The van der Waals surface area contributed by atoms with E-state index in [0.717, 1.165) is 12.8 Å². The van der Waals surface area contributed by atoms with Crippen molar-refractivity contribution in [3.8, 4) is 0 Å². The molecule has 4 heteroatoms. The number of hydrogen-bond acceptors (Lipinski definition) is 3. The van der Waals surface area contributed by atoms with E-state index < -0.39 is 11.6 Å². The summed E-state index contributed by atoms with van der Waals surface area (Å²) in [7, 11) is 0. The molecule has 0 saturated carbocycles. The van der Waals surface area contributed by atoms with Gasteiger partial charge < -0.3 is 15.5 Å². The molecule has 0 aromatic carbocycles. The minimum absolute atomic E-state index is 0.0945. The van der Waals surface area contributed by atoms with Crippen LogP contribution in [0, 0.1) is 0 Å². The number of carboxylic acids is 1. The van der Waals surface area contributed by atoms with E-state index in [2.05, 4.69) is 12.2 Å². The molecule has 0 aromatic heterocycles. The van der Waals surface area contributed by atoms with Crippen molar-refractivity contribution in [2.45, 2.75) is 64.5 Å². The van der Waals surface area contributed by atoms with Crippen molar-refractivity contribution >= 4 is 5.97 Å². The summed E-state index contributed by atoms with van der Waals surface area (Å²) >= 11 is 0. The summed E-state index contributed by atoms with van der Waals surface area (Å²) in [5, 5.41) is 21.2. The number of unbranched alkanes of at least 4 members (excludes halogenated alkanes) is 3. The van der Waals surface area contributed by atoms with Gasteiger partial charge in [-0.25, -0.2) is 4.79 Å². The van der Waals surface area contributed by atoms with Crippen LogP contribution in [0.1, 0.15) is 52.9 Å². The van der Waals surface area contributed by atoms with Crippen LogP contribution in [0.2, 0.25) is 0 Å². The van der Waals surface area contributed by atoms with Gasteiger partial charge in [0.1, 0.15) is 0 Å². The molecule has 0 radical (unpaired) electrons. The van der Waals surface area contributed by atoms with Crippen molar-refractivity contribution in [1.29, 1.82) is 0 Å². The third-order valence-electron chi connectivity index (χ3n) is 2.75. The topological polar surface area (TPSA) is 69.6 Å². The molecule has 16 heavy (non-hydrogen) atoms. The standard InChI is InChI=1S/C12H25NO3/c1-4-5-6-7-8-10(2)13-9-12(3,16)11(14)15/h10,13,16H,4-9H2,1-3H3,(H,14,15). The van der Waals surface area contributed by atoms with Crippen molar-refractivity contribution in [3.63, 3.8) is 0 Å². The highest BCUT2D eigenvalue weighted by Crippen LogP contribution is 2.07. The predicted molar refractivity (Wildman–Crippen MR) is 64.5 cm³/mol. The molecule has 0 aromatic rings.